The first-order valence-corrected chi connectivity index (χ1v) is 13.2. The second-order valence-electron chi connectivity index (χ2n) is 9.90. The third-order valence-corrected chi connectivity index (χ3v) is 6.92. The largest absolute Gasteiger partial charge is 0.452 e. The molecule has 0 spiro atoms. The number of nitrogens with one attached hydrogen (secondary N) is 1. The minimum atomic E-state index is -0.512. The van der Waals surface area contributed by atoms with E-state index >= 15 is 0 Å². The molecule has 1 N–H and O–H groups in total. The van der Waals surface area contributed by atoms with Crippen molar-refractivity contribution >= 4 is 28.6 Å². The number of piperazine rings is 1. The van der Waals surface area contributed by atoms with Crippen LogP contribution in [0.4, 0.5) is 5.95 Å². The van der Waals surface area contributed by atoms with E-state index in [1.54, 1.807) is 23.1 Å². The zero-order chi connectivity index (χ0) is 27.2. The van der Waals surface area contributed by atoms with Crippen molar-refractivity contribution in [1.29, 1.82) is 0 Å². The van der Waals surface area contributed by atoms with Crippen molar-refractivity contribution in [1.82, 2.24) is 19.8 Å². The van der Waals surface area contributed by atoms with Gasteiger partial charge in [-0.3, -0.25) is 9.69 Å². The molecule has 0 bridgehead atoms. The number of aryl methyl sites for hydroxylation is 2. The molecule has 1 aliphatic rings. The van der Waals surface area contributed by atoms with Crippen molar-refractivity contribution in [3.63, 3.8) is 0 Å². The third kappa shape index (κ3) is 6.78. The molecule has 5 rings (SSSR count). The van der Waals surface area contributed by atoms with Gasteiger partial charge in [-0.1, -0.05) is 54.6 Å². The molecule has 0 aliphatic carbocycles. The fraction of sp³-hybridized carbons (Fsp3) is 0.290. The third-order valence-electron chi connectivity index (χ3n) is 6.92. The number of benzene rings is 3. The smallest absolute Gasteiger partial charge is 0.338 e. The Morgan fingerprint density at radius 2 is 1.59 bits per heavy atom. The molecule has 200 valence electrons. The minimum absolute atomic E-state index is 0.169. The second-order valence-corrected chi connectivity index (χ2v) is 9.90. The summed E-state index contributed by atoms with van der Waals surface area (Å²) in [5, 5.41) is 5.70. The summed E-state index contributed by atoms with van der Waals surface area (Å²) in [5.74, 6) is -0.135. The van der Waals surface area contributed by atoms with Crippen LogP contribution < -0.4 is 5.32 Å². The SMILES string of the molecule is Cc1cc(C)nc(NCc2cccc(C(=O)OCC(=O)N3CCN(Cc4cccc5ccccc45)CC3)c2)n1. The molecule has 0 atom stereocenters. The summed E-state index contributed by atoms with van der Waals surface area (Å²) < 4.78 is 5.37. The van der Waals surface area contributed by atoms with Crippen LogP contribution >= 0.6 is 0 Å². The van der Waals surface area contributed by atoms with E-state index in [1.807, 2.05) is 26.0 Å². The van der Waals surface area contributed by atoms with Crippen LogP contribution in [0.2, 0.25) is 0 Å². The van der Waals surface area contributed by atoms with Gasteiger partial charge in [0.15, 0.2) is 6.61 Å². The highest BCUT2D eigenvalue weighted by molar-refractivity contribution is 5.91. The normalized spacial score (nSPS) is 13.8. The average Bonchev–Trinajstić information content (AvgIpc) is 2.95. The summed E-state index contributed by atoms with van der Waals surface area (Å²) >= 11 is 0. The maximum Gasteiger partial charge on any atom is 0.338 e. The zero-order valence-electron chi connectivity index (χ0n) is 22.4. The van der Waals surface area contributed by atoms with Gasteiger partial charge in [0.2, 0.25) is 5.95 Å². The average molecular weight is 524 g/mol. The molecule has 1 fully saturated rings. The van der Waals surface area contributed by atoms with Gasteiger partial charge in [-0.25, -0.2) is 14.8 Å². The van der Waals surface area contributed by atoms with Gasteiger partial charge in [-0.2, -0.15) is 0 Å². The fourth-order valence-electron chi connectivity index (χ4n) is 4.92. The molecule has 1 saturated heterocycles. The molecule has 4 aromatic rings. The van der Waals surface area contributed by atoms with Crippen molar-refractivity contribution in [3.05, 3.63) is 101 Å². The van der Waals surface area contributed by atoms with E-state index in [4.69, 9.17) is 4.74 Å². The number of nitrogens with zero attached hydrogens (tertiary/aromatic N) is 4. The Morgan fingerprint density at radius 1 is 0.872 bits per heavy atom. The summed E-state index contributed by atoms with van der Waals surface area (Å²) in [6, 6.07) is 23.9. The number of anilines is 1. The van der Waals surface area contributed by atoms with E-state index in [0.717, 1.165) is 36.6 Å². The molecule has 0 saturated carbocycles. The van der Waals surface area contributed by atoms with Crippen LogP contribution in [-0.2, 0) is 22.6 Å². The van der Waals surface area contributed by atoms with Crippen molar-refractivity contribution in [3.8, 4) is 0 Å². The first-order chi connectivity index (χ1) is 18.9. The Labute approximate surface area is 228 Å². The number of amides is 1. The lowest BCUT2D eigenvalue weighted by Crippen LogP contribution is -2.49. The lowest BCUT2D eigenvalue weighted by molar-refractivity contribution is -0.136. The Kier molecular flexibility index (Phi) is 8.13. The number of carbonyl (C=O) groups is 2. The summed E-state index contributed by atoms with van der Waals surface area (Å²) in [6.45, 7) is 7.68. The summed E-state index contributed by atoms with van der Waals surface area (Å²) in [6.07, 6.45) is 0. The number of hydrogen-bond acceptors (Lipinski definition) is 7. The highest BCUT2D eigenvalue weighted by Gasteiger charge is 2.22. The van der Waals surface area contributed by atoms with E-state index in [-0.39, 0.29) is 12.5 Å². The van der Waals surface area contributed by atoms with Crippen molar-refractivity contribution in [2.24, 2.45) is 0 Å². The van der Waals surface area contributed by atoms with Crippen LogP contribution in [-0.4, -0.2) is 64.4 Å². The molecule has 3 aromatic carbocycles. The number of ether oxygens (including phenoxy) is 1. The number of fused-ring (bicyclic) bond motifs is 1. The standard InChI is InChI=1S/C31H33N5O3/c1-22-17-23(2)34-31(33-22)32-19-24-7-5-10-26(18-24)30(38)39-21-29(37)36-15-13-35(14-16-36)20-27-11-6-9-25-8-3-4-12-28(25)27/h3-12,17-18H,13-16,19-21H2,1-2H3,(H,32,33,34). The van der Waals surface area contributed by atoms with Gasteiger partial charge in [0.1, 0.15) is 0 Å². The lowest BCUT2D eigenvalue weighted by atomic mass is 10.0. The molecular formula is C31H33N5O3. The molecule has 8 nitrogen and oxygen atoms in total. The van der Waals surface area contributed by atoms with E-state index in [9.17, 15) is 9.59 Å². The van der Waals surface area contributed by atoms with E-state index in [1.165, 1.54) is 16.3 Å². The van der Waals surface area contributed by atoms with Gasteiger partial charge in [-0.15, -0.1) is 0 Å². The van der Waals surface area contributed by atoms with Crippen LogP contribution in [0.5, 0.6) is 0 Å². The van der Waals surface area contributed by atoms with Crippen molar-refractivity contribution < 1.29 is 14.3 Å². The first kappa shape index (κ1) is 26.3. The Bertz CT molecular complexity index is 1450. The number of esters is 1. The maximum atomic E-state index is 12.8. The summed E-state index contributed by atoms with van der Waals surface area (Å²) in [5.41, 5.74) is 4.36. The van der Waals surface area contributed by atoms with Gasteiger partial charge >= 0.3 is 5.97 Å². The molecule has 0 unspecified atom stereocenters. The summed E-state index contributed by atoms with van der Waals surface area (Å²) in [4.78, 5) is 38.3. The maximum absolute atomic E-state index is 12.8. The predicted octanol–water partition coefficient (Wildman–Crippen LogP) is 4.36. The monoisotopic (exact) mass is 523 g/mol. The number of carbonyl (C=O) groups excluding carboxylic acids is 2. The van der Waals surface area contributed by atoms with Crippen LogP contribution in [0.1, 0.15) is 32.9 Å². The molecule has 0 radical (unpaired) electrons. The molecule has 39 heavy (non-hydrogen) atoms. The molecular weight excluding hydrogens is 490 g/mol. The molecule has 1 aliphatic heterocycles. The van der Waals surface area contributed by atoms with Crippen molar-refractivity contribution in [2.75, 3.05) is 38.1 Å². The number of hydrogen-bond donors (Lipinski definition) is 1. The molecule has 2 heterocycles. The van der Waals surface area contributed by atoms with Crippen LogP contribution in [0, 0.1) is 13.8 Å². The van der Waals surface area contributed by atoms with Gasteiger partial charge in [0, 0.05) is 50.7 Å². The van der Waals surface area contributed by atoms with Gasteiger partial charge in [0.25, 0.3) is 5.91 Å². The molecule has 1 amide bonds. The van der Waals surface area contributed by atoms with Gasteiger partial charge in [-0.05, 0) is 53.9 Å². The Morgan fingerprint density at radius 3 is 2.38 bits per heavy atom. The van der Waals surface area contributed by atoms with E-state index in [2.05, 4.69) is 62.6 Å². The topological polar surface area (TPSA) is 87.7 Å². The van der Waals surface area contributed by atoms with Crippen LogP contribution in [0.15, 0.2) is 72.8 Å². The highest BCUT2D eigenvalue weighted by atomic mass is 16.5. The number of aromatic nitrogens is 2. The predicted molar refractivity (Wildman–Crippen MR) is 151 cm³/mol. The Balaban J connectivity index is 1.09. The fourth-order valence-corrected chi connectivity index (χ4v) is 4.92. The minimum Gasteiger partial charge on any atom is -0.452 e. The van der Waals surface area contributed by atoms with Gasteiger partial charge in [0.05, 0.1) is 5.56 Å². The lowest BCUT2D eigenvalue weighted by Gasteiger charge is -2.34. The summed E-state index contributed by atoms with van der Waals surface area (Å²) in [7, 11) is 0. The second kappa shape index (κ2) is 12.0. The van der Waals surface area contributed by atoms with Gasteiger partial charge < -0.3 is 15.0 Å². The molecule has 1 aromatic heterocycles. The molecule has 8 heteroatoms. The number of rotatable bonds is 8. The van der Waals surface area contributed by atoms with Crippen LogP contribution in [0.25, 0.3) is 10.8 Å². The Hall–Kier alpha value is -4.30. The van der Waals surface area contributed by atoms with Crippen LogP contribution in [0.3, 0.4) is 0 Å². The first-order valence-electron chi connectivity index (χ1n) is 13.2. The highest BCUT2D eigenvalue weighted by Crippen LogP contribution is 2.20. The van der Waals surface area contributed by atoms with E-state index < -0.39 is 5.97 Å². The quantitative estimate of drug-likeness (QED) is 0.343. The van der Waals surface area contributed by atoms with E-state index in [0.29, 0.717) is 31.1 Å². The zero-order valence-corrected chi connectivity index (χ0v) is 22.4. The van der Waals surface area contributed by atoms with Crippen molar-refractivity contribution in [2.45, 2.75) is 26.9 Å².